The molecule has 0 amide bonds. The molecule has 19 heavy (non-hydrogen) atoms. The normalized spacial score (nSPS) is 12.7. The van der Waals surface area contributed by atoms with Crippen LogP contribution in [-0.2, 0) is 0 Å². The van der Waals surface area contributed by atoms with Crippen LogP contribution in [0.3, 0.4) is 0 Å². The summed E-state index contributed by atoms with van der Waals surface area (Å²) < 4.78 is 0.839. The molecule has 2 aromatic rings. The Morgan fingerprint density at radius 3 is 2.58 bits per heavy atom. The van der Waals surface area contributed by atoms with Crippen LogP contribution in [-0.4, -0.2) is 17.0 Å². The van der Waals surface area contributed by atoms with E-state index >= 15 is 0 Å². The molecular weight excluding hydrogens is 322 g/mol. The predicted molar refractivity (Wildman–Crippen MR) is 85.0 cm³/mol. The molecule has 3 nitrogen and oxygen atoms in total. The minimum absolute atomic E-state index is 0.307. The Morgan fingerprint density at radius 1 is 1.26 bits per heavy atom. The number of hydrogen-bond donors (Lipinski definition) is 0. The van der Waals surface area contributed by atoms with Crippen molar-refractivity contribution in [2.45, 2.75) is 32.7 Å². The molecule has 0 aliphatic rings. The number of nitrogens with zero attached hydrogens (tertiary/aromatic N) is 3. The van der Waals surface area contributed by atoms with Gasteiger partial charge in [-0.25, -0.2) is 9.97 Å². The molecule has 0 aliphatic carbocycles. The third-order valence-corrected chi connectivity index (χ3v) is 4.56. The standard InChI is InChI=1S/C14H18BrN3S/c1-9(2)14-16-12(15)8-13(17-14)18(4)10(3)11-6-5-7-19-11/h5-10H,1-4H3. The molecule has 0 saturated heterocycles. The molecule has 0 fully saturated rings. The van der Waals surface area contributed by atoms with Crippen LogP contribution in [0.25, 0.3) is 0 Å². The Bertz CT molecular complexity index is 540. The highest BCUT2D eigenvalue weighted by atomic mass is 79.9. The Morgan fingerprint density at radius 2 is 2.00 bits per heavy atom. The molecule has 5 heteroatoms. The maximum Gasteiger partial charge on any atom is 0.134 e. The van der Waals surface area contributed by atoms with Gasteiger partial charge in [0.05, 0.1) is 6.04 Å². The van der Waals surface area contributed by atoms with Crippen LogP contribution >= 0.6 is 27.3 Å². The van der Waals surface area contributed by atoms with Gasteiger partial charge in [0.15, 0.2) is 0 Å². The van der Waals surface area contributed by atoms with Gasteiger partial charge in [-0.1, -0.05) is 19.9 Å². The lowest BCUT2D eigenvalue weighted by molar-refractivity contribution is 0.715. The summed E-state index contributed by atoms with van der Waals surface area (Å²) in [5.74, 6) is 2.14. The molecule has 0 aliphatic heterocycles. The average Bonchev–Trinajstić information content (AvgIpc) is 2.90. The zero-order valence-corrected chi connectivity index (χ0v) is 14.0. The zero-order valence-electron chi connectivity index (χ0n) is 11.6. The molecule has 0 bridgehead atoms. The summed E-state index contributed by atoms with van der Waals surface area (Å²) in [6.07, 6.45) is 0. The van der Waals surface area contributed by atoms with Crippen molar-refractivity contribution in [3.63, 3.8) is 0 Å². The summed E-state index contributed by atoms with van der Waals surface area (Å²) >= 11 is 5.24. The van der Waals surface area contributed by atoms with Crippen molar-refractivity contribution in [3.05, 3.63) is 38.9 Å². The van der Waals surface area contributed by atoms with Crippen LogP contribution < -0.4 is 4.90 Å². The highest BCUT2D eigenvalue weighted by molar-refractivity contribution is 9.10. The second-order valence-corrected chi connectivity index (χ2v) is 6.66. The fraction of sp³-hybridized carbons (Fsp3) is 0.429. The van der Waals surface area contributed by atoms with Crippen molar-refractivity contribution in [3.8, 4) is 0 Å². The van der Waals surface area contributed by atoms with E-state index in [1.807, 2.05) is 6.07 Å². The molecular formula is C14H18BrN3S. The van der Waals surface area contributed by atoms with Crippen LogP contribution in [0.4, 0.5) is 5.82 Å². The maximum atomic E-state index is 4.65. The Balaban J connectivity index is 2.30. The number of aromatic nitrogens is 2. The smallest absolute Gasteiger partial charge is 0.134 e. The van der Waals surface area contributed by atoms with E-state index in [2.05, 4.69) is 76.1 Å². The van der Waals surface area contributed by atoms with Crippen molar-refractivity contribution < 1.29 is 0 Å². The first-order chi connectivity index (χ1) is 8.99. The van der Waals surface area contributed by atoms with E-state index < -0.39 is 0 Å². The van der Waals surface area contributed by atoms with E-state index in [9.17, 15) is 0 Å². The van der Waals surface area contributed by atoms with E-state index in [4.69, 9.17) is 0 Å². The third kappa shape index (κ3) is 3.34. The van der Waals surface area contributed by atoms with Gasteiger partial charge in [0.25, 0.3) is 0 Å². The van der Waals surface area contributed by atoms with Gasteiger partial charge in [-0.05, 0) is 34.3 Å². The van der Waals surface area contributed by atoms with Gasteiger partial charge in [-0.15, -0.1) is 11.3 Å². The van der Waals surface area contributed by atoms with Crippen molar-refractivity contribution >= 4 is 33.1 Å². The molecule has 0 spiro atoms. The number of halogens is 1. The summed E-state index contributed by atoms with van der Waals surface area (Å²) in [6.45, 7) is 6.40. The molecule has 0 saturated carbocycles. The van der Waals surface area contributed by atoms with Crippen LogP contribution in [0, 0.1) is 0 Å². The predicted octanol–water partition coefficient (Wildman–Crippen LogP) is 4.62. The number of anilines is 1. The molecule has 0 aromatic carbocycles. The summed E-state index contributed by atoms with van der Waals surface area (Å²) in [6, 6.07) is 6.52. The lowest BCUT2D eigenvalue weighted by atomic mass is 10.2. The first-order valence-electron chi connectivity index (χ1n) is 6.29. The Kier molecular flexibility index (Phi) is 4.58. The molecule has 1 atom stereocenters. The largest absolute Gasteiger partial charge is 0.352 e. The first kappa shape index (κ1) is 14.5. The summed E-state index contributed by atoms with van der Waals surface area (Å²) in [4.78, 5) is 12.6. The molecule has 2 heterocycles. The summed E-state index contributed by atoms with van der Waals surface area (Å²) in [5, 5.41) is 2.11. The van der Waals surface area contributed by atoms with Gasteiger partial charge < -0.3 is 4.90 Å². The van der Waals surface area contributed by atoms with Crippen LogP contribution in [0.2, 0.25) is 0 Å². The molecule has 1 unspecified atom stereocenters. The van der Waals surface area contributed by atoms with Gasteiger partial charge in [-0.3, -0.25) is 0 Å². The van der Waals surface area contributed by atoms with Crippen molar-refractivity contribution in [2.75, 3.05) is 11.9 Å². The lowest BCUT2D eigenvalue weighted by Crippen LogP contribution is -2.22. The van der Waals surface area contributed by atoms with Crippen molar-refractivity contribution in [1.82, 2.24) is 9.97 Å². The lowest BCUT2D eigenvalue weighted by Gasteiger charge is -2.25. The van der Waals surface area contributed by atoms with Crippen LogP contribution in [0.5, 0.6) is 0 Å². The van der Waals surface area contributed by atoms with E-state index in [-0.39, 0.29) is 0 Å². The van der Waals surface area contributed by atoms with Crippen LogP contribution in [0.1, 0.15) is 43.4 Å². The highest BCUT2D eigenvalue weighted by Crippen LogP contribution is 2.28. The van der Waals surface area contributed by atoms with Gasteiger partial charge in [0.2, 0.25) is 0 Å². The Labute approximate surface area is 126 Å². The summed E-state index contributed by atoms with van der Waals surface area (Å²) in [7, 11) is 2.07. The molecule has 0 radical (unpaired) electrons. The SMILES string of the molecule is CC(C)c1nc(Br)cc(N(C)C(C)c2cccs2)n1. The topological polar surface area (TPSA) is 29.0 Å². The number of hydrogen-bond acceptors (Lipinski definition) is 4. The fourth-order valence-corrected chi connectivity index (χ4v) is 2.99. The van der Waals surface area contributed by atoms with Crippen molar-refractivity contribution in [1.29, 1.82) is 0 Å². The van der Waals surface area contributed by atoms with Crippen LogP contribution in [0.15, 0.2) is 28.2 Å². The minimum atomic E-state index is 0.307. The van der Waals surface area contributed by atoms with E-state index in [0.717, 1.165) is 16.2 Å². The first-order valence-corrected chi connectivity index (χ1v) is 7.97. The summed E-state index contributed by atoms with van der Waals surface area (Å²) in [5.41, 5.74) is 0. The third-order valence-electron chi connectivity index (χ3n) is 3.11. The van der Waals surface area contributed by atoms with Gasteiger partial charge in [-0.2, -0.15) is 0 Å². The molecule has 0 N–H and O–H groups in total. The van der Waals surface area contributed by atoms with Gasteiger partial charge in [0, 0.05) is 23.9 Å². The van der Waals surface area contributed by atoms with E-state index in [1.165, 1.54) is 4.88 Å². The van der Waals surface area contributed by atoms with E-state index in [1.54, 1.807) is 11.3 Å². The van der Waals surface area contributed by atoms with Gasteiger partial charge in [0.1, 0.15) is 16.2 Å². The van der Waals surface area contributed by atoms with Gasteiger partial charge >= 0.3 is 0 Å². The second kappa shape index (κ2) is 6.01. The van der Waals surface area contributed by atoms with Crippen molar-refractivity contribution in [2.24, 2.45) is 0 Å². The maximum absolute atomic E-state index is 4.65. The fourth-order valence-electron chi connectivity index (χ4n) is 1.78. The minimum Gasteiger partial charge on any atom is -0.352 e. The Hall–Kier alpha value is -0.940. The molecule has 102 valence electrons. The van der Waals surface area contributed by atoms with E-state index in [0.29, 0.717) is 12.0 Å². The number of thiophene rings is 1. The zero-order chi connectivity index (χ0) is 14.0. The average molecular weight is 340 g/mol. The second-order valence-electron chi connectivity index (χ2n) is 4.86. The monoisotopic (exact) mass is 339 g/mol. The quantitative estimate of drug-likeness (QED) is 0.761. The molecule has 2 aromatic heterocycles. The highest BCUT2D eigenvalue weighted by Gasteiger charge is 2.16. The number of rotatable bonds is 4. The molecule has 2 rings (SSSR count).